The molecule has 4 rings (SSSR count). The Balaban J connectivity index is 1.40. The Morgan fingerprint density at radius 2 is 1.83 bits per heavy atom. The third-order valence-corrected chi connectivity index (χ3v) is 6.21. The summed E-state index contributed by atoms with van der Waals surface area (Å²) in [6, 6.07) is 21.9. The van der Waals surface area contributed by atoms with Crippen molar-refractivity contribution in [1.82, 2.24) is 9.78 Å². The predicted octanol–water partition coefficient (Wildman–Crippen LogP) is 6.55. The second-order valence-electron chi connectivity index (χ2n) is 8.46. The van der Waals surface area contributed by atoms with Crippen molar-refractivity contribution < 1.29 is 14.3 Å². The Kier molecular flexibility index (Phi) is 8.23. The van der Waals surface area contributed by atoms with Crippen LogP contribution in [0.3, 0.4) is 0 Å². The van der Waals surface area contributed by atoms with Crippen LogP contribution in [0.1, 0.15) is 27.8 Å². The van der Waals surface area contributed by atoms with Gasteiger partial charge in [-0.1, -0.05) is 54.1 Å². The zero-order chi connectivity index (χ0) is 25.5. The number of benzene rings is 3. The third-order valence-electron chi connectivity index (χ3n) is 5.63. The number of methoxy groups -OCH3 is 1. The number of nitrogens with one attached hydrogen (secondary N) is 1. The number of halogens is 1. The highest BCUT2D eigenvalue weighted by atomic mass is 79.9. The van der Waals surface area contributed by atoms with Gasteiger partial charge in [0.25, 0.3) is 0 Å². The summed E-state index contributed by atoms with van der Waals surface area (Å²) in [5.74, 6) is 1.75. The molecule has 0 fully saturated rings. The molecule has 36 heavy (non-hydrogen) atoms. The molecule has 0 unspecified atom stereocenters. The number of anilines is 1. The van der Waals surface area contributed by atoms with Gasteiger partial charge in [-0.15, -0.1) is 0 Å². The maximum Gasteiger partial charge on any atom is 0.249 e. The van der Waals surface area contributed by atoms with Gasteiger partial charge in [-0.2, -0.15) is 5.10 Å². The molecule has 6 nitrogen and oxygen atoms in total. The highest BCUT2D eigenvalue weighted by molar-refractivity contribution is 9.10. The molecule has 0 spiro atoms. The number of hydrogen-bond donors (Lipinski definition) is 1. The van der Waals surface area contributed by atoms with Crippen molar-refractivity contribution in [3.05, 3.63) is 111 Å². The fraction of sp³-hybridized carbons (Fsp3) is 0.172. The molecule has 0 radical (unpaired) electrons. The van der Waals surface area contributed by atoms with Crippen molar-refractivity contribution >= 4 is 33.7 Å². The highest BCUT2D eigenvalue weighted by Gasteiger charge is 2.10. The highest BCUT2D eigenvalue weighted by Crippen LogP contribution is 2.25. The summed E-state index contributed by atoms with van der Waals surface area (Å²) in [6.07, 6.45) is 5.09. The number of carbonyl (C=O) groups excluding carboxylic acids is 1. The number of amides is 1. The first kappa shape index (κ1) is 25.3. The molecule has 0 saturated carbocycles. The average Bonchev–Trinajstić information content (AvgIpc) is 3.21. The van der Waals surface area contributed by atoms with E-state index in [0.717, 1.165) is 38.2 Å². The van der Waals surface area contributed by atoms with E-state index in [9.17, 15) is 4.79 Å². The summed E-state index contributed by atoms with van der Waals surface area (Å²) in [4.78, 5) is 12.6. The zero-order valence-electron chi connectivity index (χ0n) is 20.5. The smallest absolute Gasteiger partial charge is 0.249 e. The van der Waals surface area contributed by atoms with Gasteiger partial charge in [0, 0.05) is 17.8 Å². The molecular weight excluding hydrogens is 518 g/mol. The largest absolute Gasteiger partial charge is 0.496 e. The summed E-state index contributed by atoms with van der Waals surface area (Å²) >= 11 is 3.48. The van der Waals surface area contributed by atoms with Crippen LogP contribution in [0.15, 0.2) is 83.5 Å². The lowest BCUT2D eigenvalue weighted by Gasteiger charge is -2.12. The van der Waals surface area contributed by atoms with Crippen LogP contribution in [0.5, 0.6) is 11.5 Å². The lowest BCUT2D eigenvalue weighted by molar-refractivity contribution is -0.111. The van der Waals surface area contributed by atoms with Crippen LogP contribution >= 0.6 is 15.9 Å². The summed E-state index contributed by atoms with van der Waals surface area (Å²) in [7, 11) is 1.63. The van der Waals surface area contributed by atoms with Gasteiger partial charge in [0.05, 0.1) is 18.1 Å². The first-order valence-corrected chi connectivity index (χ1v) is 12.3. The van der Waals surface area contributed by atoms with E-state index in [2.05, 4.69) is 57.5 Å². The van der Waals surface area contributed by atoms with E-state index in [-0.39, 0.29) is 5.91 Å². The van der Waals surface area contributed by atoms with Crippen LogP contribution < -0.4 is 14.8 Å². The van der Waals surface area contributed by atoms with Gasteiger partial charge in [-0.25, -0.2) is 0 Å². The molecule has 7 heteroatoms. The van der Waals surface area contributed by atoms with Gasteiger partial charge in [0.15, 0.2) is 5.82 Å². The van der Waals surface area contributed by atoms with Gasteiger partial charge < -0.3 is 14.8 Å². The molecule has 0 saturated heterocycles. The van der Waals surface area contributed by atoms with E-state index in [4.69, 9.17) is 9.47 Å². The number of para-hydroxylation sites is 1. The minimum Gasteiger partial charge on any atom is -0.496 e. The quantitative estimate of drug-likeness (QED) is 0.242. The van der Waals surface area contributed by atoms with E-state index in [0.29, 0.717) is 19.0 Å². The minimum atomic E-state index is -0.273. The first-order chi connectivity index (χ1) is 17.4. The normalized spacial score (nSPS) is 11.0. The topological polar surface area (TPSA) is 65.4 Å². The monoisotopic (exact) mass is 545 g/mol. The Hall–Kier alpha value is -3.84. The maximum absolute atomic E-state index is 12.6. The summed E-state index contributed by atoms with van der Waals surface area (Å²) in [6.45, 7) is 5.03. The standard InChI is InChI=1S/C29H28BrN3O3/c1-20-8-10-23(11-9-20)17-33-18-25(30)29(32-33)31-28(34)15-13-22-12-14-27(35-3)24(16-22)19-36-26-7-5-4-6-21(26)2/h4-16,18H,17,19H2,1-3H3,(H,31,32,34)/b15-13+. The van der Waals surface area contributed by atoms with Crippen molar-refractivity contribution in [2.75, 3.05) is 12.4 Å². The van der Waals surface area contributed by atoms with E-state index in [1.54, 1.807) is 17.9 Å². The number of rotatable bonds is 9. The Labute approximate surface area is 219 Å². The van der Waals surface area contributed by atoms with Crippen molar-refractivity contribution in [2.45, 2.75) is 27.0 Å². The van der Waals surface area contributed by atoms with E-state index >= 15 is 0 Å². The van der Waals surface area contributed by atoms with Crippen LogP contribution in [0, 0.1) is 13.8 Å². The molecule has 0 aliphatic heterocycles. The first-order valence-electron chi connectivity index (χ1n) is 11.5. The van der Waals surface area contributed by atoms with Crippen LogP contribution in [0.25, 0.3) is 6.08 Å². The minimum absolute atomic E-state index is 0.273. The van der Waals surface area contributed by atoms with Crippen molar-refractivity contribution in [3.8, 4) is 11.5 Å². The van der Waals surface area contributed by atoms with Gasteiger partial charge in [0.1, 0.15) is 18.1 Å². The number of aryl methyl sites for hydroxylation is 2. The predicted molar refractivity (Wildman–Crippen MR) is 146 cm³/mol. The lowest BCUT2D eigenvalue weighted by atomic mass is 10.1. The van der Waals surface area contributed by atoms with Crippen molar-refractivity contribution in [3.63, 3.8) is 0 Å². The molecule has 0 aliphatic carbocycles. The summed E-state index contributed by atoms with van der Waals surface area (Å²) < 4.78 is 14.0. The SMILES string of the molecule is COc1ccc(/C=C/C(=O)Nc2nn(Cc3ccc(C)cc3)cc2Br)cc1COc1ccccc1C. The summed E-state index contributed by atoms with van der Waals surface area (Å²) in [5, 5.41) is 7.32. The fourth-order valence-corrected chi connectivity index (χ4v) is 4.08. The summed E-state index contributed by atoms with van der Waals surface area (Å²) in [5.41, 5.74) is 5.16. The second kappa shape index (κ2) is 11.7. The molecule has 0 bridgehead atoms. The number of nitrogens with zero attached hydrogens (tertiary/aromatic N) is 2. The molecule has 0 aliphatic rings. The number of hydrogen-bond acceptors (Lipinski definition) is 4. The van der Waals surface area contributed by atoms with Crippen LogP contribution in [-0.2, 0) is 17.9 Å². The third kappa shape index (κ3) is 6.64. The van der Waals surface area contributed by atoms with Gasteiger partial charge in [-0.05, 0) is 70.7 Å². The van der Waals surface area contributed by atoms with E-state index in [1.165, 1.54) is 11.6 Å². The fourth-order valence-electron chi connectivity index (χ4n) is 3.66. The molecule has 0 atom stereocenters. The van der Waals surface area contributed by atoms with Crippen molar-refractivity contribution in [1.29, 1.82) is 0 Å². The van der Waals surface area contributed by atoms with E-state index < -0.39 is 0 Å². The molecule has 1 amide bonds. The molecule has 4 aromatic rings. The second-order valence-corrected chi connectivity index (χ2v) is 9.31. The zero-order valence-corrected chi connectivity index (χ0v) is 22.1. The van der Waals surface area contributed by atoms with Crippen molar-refractivity contribution in [2.24, 2.45) is 0 Å². The molecule has 1 N–H and O–H groups in total. The Morgan fingerprint density at radius 1 is 1.06 bits per heavy atom. The molecule has 3 aromatic carbocycles. The van der Waals surface area contributed by atoms with E-state index in [1.807, 2.05) is 55.6 Å². The molecule has 1 heterocycles. The van der Waals surface area contributed by atoms with Crippen LogP contribution in [0.4, 0.5) is 5.82 Å². The maximum atomic E-state index is 12.6. The molecular formula is C29H28BrN3O3. The van der Waals surface area contributed by atoms with Gasteiger partial charge in [0.2, 0.25) is 5.91 Å². The molecule has 1 aromatic heterocycles. The number of carbonyl (C=O) groups is 1. The number of aromatic nitrogens is 2. The van der Waals surface area contributed by atoms with Gasteiger partial charge in [-0.3, -0.25) is 9.48 Å². The Bertz CT molecular complexity index is 1380. The number of ether oxygens (including phenoxy) is 2. The average molecular weight is 546 g/mol. The Morgan fingerprint density at radius 3 is 2.58 bits per heavy atom. The lowest BCUT2D eigenvalue weighted by Crippen LogP contribution is -2.09. The molecule has 184 valence electrons. The van der Waals surface area contributed by atoms with Crippen LogP contribution in [-0.4, -0.2) is 22.8 Å². The van der Waals surface area contributed by atoms with Gasteiger partial charge >= 0.3 is 0 Å². The van der Waals surface area contributed by atoms with Crippen LogP contribution in [0.2, 0.25) is 0 Å².